The summed E-state index contributed by atoms with van der Waals surface area (Å²) >= 11 is 0. The summed E-state index contributed by atoms with van der Waals surface area (Å²) in [6, 6.07) is 0. The van der Waals surface area contributed by atoms with E-state index in [0.717, 1.165) is 6.42 Å². The van der Waals surface area contributed by atoms with Crippen LogP contribution >= 0.6 is 0 Å². The van der Waals surface area contributed by atoms with E-state index in [4.69, 9.17) is 5.73 Å². The second kappa shape index (κ2) is 19.8. The molecule has 0 saturated carbocycles. The molecule has 0 aromatic rings. The zero-order valence-electron chi connectivity index (χ0n) is 17.3. The molecule has 0 radical (unpaired) electrons. The Hall–Kier alpha value is -0.570. The molecule has 1 amide bonds. The van der Waals surface area contributed by atoms with Gasteiger partial charge in [0.25, 0.3) is 0 Å². The number of nitrogens with two attached hydrogens (primary N) is 1. The van der Waals surface area contributed by atoms with Crippen molar-refractivity contribution < 1.29 is 4.79 Å². The third-order valence-corrected chi connectivity index (χ3v) is 4.90. The summed E-state index contributed by atoms with van der Waals surface area (Å²) in [4.78, 5) is 11.4. The van der Waals surface area contributed by atoms with Gasteiger partial charge in [0.05, 0.1) is 6.17 Å². The molecular formula is C22H46N2O. The van der Waals surface area contributed by atoms with Crippen LogP contribution in [0, 0.1) is 0 Å². The molecule has 0 rings (SSSR count). The van der Waals surface area contributed by atoms with Crippen molar-refractivity contribution in [1.82, 2.24) is 5.32 Å². The maximum atomic E-state index is 11.4. The van der Waals surface area contributed by atoms with Crippen LogP contribution in [0.4, 0.5) is 0 Å². The van der Waals surface area contributed by atoms with Crippen LogP contribution in [-0.4, -0.2) is 12.1 Å². The fourth-order valence-corrected chi connectivity index (χ4v) is 3.34. The van der Waals surface area contributed by atoms with E-state index in [1.54, 1.807) is 6.92 Å². The highest BCUT2D eigenvalue weighted by Crippen LogP contribution is 2.14. The van der Waals surface area contributed by atoms with Crippen LogP contribution in [0.3, 0.4) is 0 Å². The molecule has 150 valence electrons. The van der Waals surface area contributed by atoms with Crippen molar-refractivity contribution in [2.24, 2.45) is 5.73 Å². The van der Waals surface area contributed by atoms with E-state index in [0.29, 0.717) is 6.42 Å². The molecule has 0 aliphatic heterocycles. The smallest absolute Gasteiger partial charge is 0.221 e. The van der Waals surface area contributed by atoms with E-state index in [9.17, 15) is 4.79 Å². The molecule has 3 heteroatoms. The number of amides is 1. The third kappa shape index (κ3) is 21.4. The van der Waals surface area contributed by atoms with Crippen LogP contribution in [0.25, 0.3) is 0 Å². The van der Waals surface area contributed by atoms with Gasteiger partial charge in [-0.25, -0.2) is 0 Å². The van der Waals surface area contributed by atoms with Crippen molar-refractivity contribution >= 4 is 5.91 Å². The Balaban J connectivity index is 3.06. The molecule has 0 heterocycles. The highest BCUT2D eigenvalue weighted by Gasteiger charge is 2.02. The van der Waals surface area contributed by atoms with Gasteiger partial charge in [-0.05, 0) is 13.3 Å². The summed E-state index contributed by atoms with van der Waals surface area (Å²) in [6.07, 6.45) is 23.6. The molecule has 1 atom stereocenters. The summed E-state index contributed by atoms with van der Waals surface area (Å²) in [5, 5.41) is 2.74. The number of unbranched alkanes of at least 4 members (excludes halogenated alkanes) is 16. The van der Waals surface area contributed by atoms with Gasteiger partial charge in [0.2, 0.25) is 5.91 Å². The number of carbonyl (C=O) groups is 1. The standard InChI is InChI=1S/C22H46N2O/c1-3-4-5-6-7-8-9-10-11-12-13-14-15-16-17-18-19-20-22(25)24-21(2)23/h21H,3-20,23H2,1-2H3,(H,24,25). The molecule has 0 aliphatic carbocycles. The maximum Gasteiger partial charge on any atom is 0.221 e. The summed E-state index contributed by atoms with van der Waals surface area (Å²) in [5.74, 6) is 0.0935. The lowest BCUT2D eigenvalue weighted by molar-refractivity contribution is -0.121. The number of carbonyl (C=O) groups excluding carboxylic acids is 1. The van der Waals surface area contributed by atoms with Crippen molar-refractivity contribution in [1.29, 1.82) is 0 Å². The highest BCUT2D eigenvalue weighted by molar-refractivity contribution is 5.75. The predicted octanol–water partition coefficient (Wildman–Crippen LogP) is 6.45. The fourth-order valence-electron chi connectivity index (χ4n) is 3.34. The van der Waals surface area contributed by atoms with Crippen LogP contribution in [0.5, 0.6) is 0 Å². The SMILES string of the molecule is CCCCCCCCCCCCCCCCCCCC(=O)NC(C)N. The summed E-state index contributed by atoms with van der Waals surface area (Å²) in [6.45, 7) is 4.08. The lowest BCUT2D eigenvalue weighted by Gasteiger charge is -2.07. The van der Waals surface area contributed by atoms with Gasteiger partial charge in [-0.3, -0.25) is 4.79 Å². The normalized spacial score (nSPS) is 12.3. The largest absolute Gasteiger partial charge is 0.341 e. The molecule has 0 aromatic heterocycles. The van der Waals surface area contributed by atoms with Gasteiger partial charge in [0.15, 0.2) is 0 Å². The predicted molar refractivity (Wildman–Crippen MR) is 111 cm³/mol. The van der Waals surface area contributed by atoms with Crippen LogP contribution in [0.2, 0.25) is 0 Å². The van der Waals surface area contributed by atoms with Crippen LogP contribution < -0.4 is 11.1 Å². The van der Waals surface area contributed by atoms with Crippen molar-refractivity contribution in [3.63, 3.8) is 0 Å². The molecule has 0 fully saturated rings. The zero-order valence-corrected chi connectivity index (χ0v) is 17.3. The first kappa shape index (κ1) is 24.4. The van der Waals surface area contributed by atoms with Crippen molar-refractivity contribution in [3.05, 3.63) is 0 Å². The van der Waals surface area contributed by atoms with E-state index in [2.05, 4.69) is 12.2 Å². The number of hydrogen-bond donors (Lipinski definition) is 2. The molecule has 25 heavy (non-hydrogen) atoms. The average molecular weight is 355 g/mol. The van der Waals surface area contributed by atoms with E-state index >= 15 is 0 Å². The van der Waals surface area contributed by atoms with Crippen LogP contribution in [-0.2, 0) is 4.79 Å². The van der Waals surface area contributed by atoms with Crippen molar-refractivity contribution in [3.8, 4) is 0 Å². The van der Waals surface area contributed by atoms with E-state index in [-0.39, 0.29) is 12.1 Å². The molecule has 0 saturated heterocycles. The van der Waals surface area contributed by atoms with Gasteiger partial charge < -0.3 is 11.1 Å². The number of rotatable bonds is 19. The molecule has 0 bridgehead atoms. The van der Waals surface area contributed by atoms with Gasteiger partial charge in [0, 0.05) is 6.42 Å². The van der Waals surface area contributed by atoms with E-state index in [1.165, 1.54) is 103 Å². The lowest BCUT2D eigenvalue weighted by atomic mass is 10.0. The zero-order chi connectivity index (χ0) is 18.6. The third-order valence-electron chi connectivity index (χ3n) is 4.90. The fraction of sp³-hybridized carbons (Fsp3) is 0.955. The quantitative estimate of drug-likeness (QED) is 0.207. The molecule has 3 nitrogen and oxygen atoms in total. The number of nitrogens with one attached hydrogen (secondary N) is 1. The van der Waals surface area contributed by atoms with E-state index < -0.39 is 0 Å². The highest BCUT2D eigenvalue weighted by atomic mass is 16.1. The molecule has 0 aromatic carbocycles. The van der Waals surface area contributed by atoms with Crippen LogP contribution in [0.1, 0.15) is 129 Å². The second-order valence-corrected chi connectivity index (χ2v) is 7.76. The topological polar surface area (TPSA) is 55.1 Å². The van der Waals surface area contributed by atoms with Crippen molar-refractivity contribution in [2.75, 3.05) is 0 Å². The average Bonchev–Trinajstić information content (AvgIpc) is 2.57. The van der Waals surface area contributed by atoms with Gasteiger partial charge in [-0.15, -0.1) is 0 Å². The molecule has 3 N–H and O–H groups in total. The van der Waals surface area contributed by atoms with Gasteiger partial charge in [-0.2, -0.15) is 0 Å². The Bertz CT molecular complexity index is 279. The Labute approximate surface area is 157 Å². The molecule has 0 spiro atoms. The molecule has 0 aliphatic rings. The summed E-state index contributed by atoms with van der Waals surface area (Å²) < 4.78 is 0. The Kier molecular flexibility index (Phi) is 19.3. The summed E-state index contributed by atoms with van der Waals surface area (Å²) in [7, 11) is 0. The Morgan fingerprint density at radius 2 is 1.00 bits per heavy atom. The Morgan fingerprint density at radius 1 is 0.680 bits per heavy atom. The monoisotopic (exact) mass is 354 g/mol. The minimum Gasteiger partial charge on any atom is -0.341 e. The minimum absolute atomic E-state index is 0.0935. The Morgan fingerprint density at radius 3 is 1.32 bits per heavy atom. The maximum absolute atomic E-state index is 11.4. The summed E-state index contributed by atoms with van der Waals surface area (Å²) in [5.41, 5.74) is 5.53. The van der Waals surface area contributed by atoms with Gasteiger partial charge in [-0.1, -0.05) is 110 Å². The minimum atomic E-state index is -0.224. The number of hydrogen-bond acceptors (Lipinski definition) is 2. The lowest BCUT2D eigenvalue weighted by Crippen LogP contribution is -2.38. The van der Waals surface area contributed by atoms with E-state index in [1.807, 2.05) is 0 Å². The second-order valence-electron chi connectivity index (χ2n) is 7.76. The first-order chi connectivity index (χ1) is 12.2. The van der Waals surface area contributed by atoms with Gasteiger partial charge in [0.1, 0.15) is 0 Å². The molecular weight excluding hydrogens is 308 g/mol. The van der Waals surface area contributed by atoms with Crippen LogP contribution in [0.15, 0.2) is 0 Å². The molecule has 1 unspecified atom stereocenters. The van der Waals surface area contributed by atoms with Gasteiger partial charge >= 0.3 is 0 Å². The van der Waals surface area contributed by atoms with Crippen molar-refractivity contribution in [2.45, 2.75) is 136 Å². The first-order valence-corrected chi connectivity index (χ1v) is 11.2. The first-order valence-electron chi connectivity index (χ1n) is 11.2.